The Morgan fingerprint density at radius 1 is 1.56 bits per heavy atom. The van der Waals surface area contributed by atoms with Crippen LogP contribution in [0.25, 0.3) is 0 Å². The van der Waals surface area contributed by atoms with E-state index in [1.165, 1.54) is 0 Å². The van der Waals surface area contributed by atoms with E-state index in [9.17, 15) is 9.00 Å². The Morgan fingerprint density at radius 2 is 2.28 bits per heavy atom. The second-order valence-electron chi connectivity index (χ2n) is 4.58. The highest BCUT2D eigenvalue weighted by Gasteiger charge is 2.27. The number of benzene rings is 1. The molecule has 2 rings (SSSR count). The lowest BCUT2D eigenvalue weighted by atomic mass is 10.2. The number of rotatable bonds is 5. The van der Waals surface area contributed by atoms with Gasteiger partial charge in [-0.2, -0.15) is 0 Å². The minimum absolute atomic E-state index is 0.0918. The Bertz CT molecular complexity index is 474. The summed E-state index contributed by atoms with van der Waals surface area (Å²) in [6, 6.07) is 8.02. The van der Waals surface area contributed by atoms with Crippen LogP contribution >= 0.6 is 15.9 Å². The Labute approximate surface area is 118 Å². The average Bonchev–Trinajstić information content (AvgIpc) is 3.11. The number of hydrogen-bond acceptors (Lipinski definition) is 2. The molecule has 18 heavy (non-hydrogen) atoms. The number of carbonyl (C=O) groups is 1. The van der Waals surface area contributed by atoms with Crippen LogP contribution in [0, 0.1) is 0 Å². The van der Waals surface area contributed by atoms with Gasteiger partial charge in [-0.05, 0) is 37.5 Å². The Kier molecular flexibility index (Phi) is 4.56. The van der Waals surface area contributed by atoms with Crippen molar-refractivity contribution in [1.82, 2.24) is 5.32 Å². The first-order valence-electron chi connectivity index (χ1n) is 5.98. The molecule has 0 radical (unpaired) electrons. The molecule has 1 aliphatic rings. The number of halogens is 1. The number of nitrogens with one attached hydrogen (secondary N) is 1. The van der Waals surface area contributed by atoms with Crippen LogP contribution in [0.5, 0.6) is 0 Å². The monoisotopic (exact) mass is 329 g/mol. The van der Waals surface area contributed by atoms with E-state index in [-0.39, 0.29) is 5.91 Å². The van der Waals surface area contributed by atoms with Crippen LogP contribution in [0.3, 0.4) is 0 Å². The normalized spacial score (nSPS) is 18.1. The van der Waals surface area contributed by atoms with E-state index in [2.05, 4.69) is 21.2 Å². The molecule has 98 valence electrons. The quantitative estimate of drug-likeness (QED) is 0.901. The van der Waals surface area contributed by atoms with Crippen LogP contribution < -0.4 is 5.32 Å². The zero-order valence-corrected chi connectivity index (χ0v) is 12.6. The highest BCUT2D eigenvalue weighted by atomic mass is 79.9. The summed E-state index contributed by atoms with van der Waals surface area (Å²) in [5, 5.41) is 2.44. The van der Waals surface area contributed by atoms with Gasteiger partial charge in [0.15, 0.2) is 0 Å². The fourth-order valence-corrected chi connectivity index (χ4v) is 3.09. The number of amides is 1. The van der Waals surface area contributed by atoms with E-state index in [0.717, 1.165) is 22.9 Å². The first kappa shape index (κ1) is 13.7. The van der Waals surface area contributed by atoms with Crippen LogP contribution in [0.1, 0.15) is 25.3 Å². The van der Waals surface area contributed by atoms with Crippen LogP contribution in [0.15, 0.2) is 28.7 Å². The maximum atomic E-state index is 12.1. The highest BCUT2D eigenvalue weighted by molar-refractivity contribution is 9.10. The number of hydrogen-bond donors (Lipinski definition) is 1. The zero-order chi connectivity index (χ0) is 13.1. The first-order valence-corrected chi connectivity index (χ1v) is 8.16. The van der Waals surface area contributed by atoms with E-state index in [1.807, 2.05) is 24.3 Å². The van der Waals surface area contributed by atoms with Gasteiger partial charge in [0.05, 0.1) is 0 Å². The second kappa shape index (κ2) is 5.97. The molecule has 0 saturated heterocycles. The topological polar surface area (TPSA) is 46.2 Å². The van der Waals surface area contributed by atoms with Crippen molar-refractivity contribution < 1.29 is 9.00 Å². The molecular weight excluding hydrogens is 314 g/mol. The predicted molar refractivity (Wildman–Crippen MR) is 76.6 cm³/mol. The minimum Gasteiger partial charge on any atom is -0.352 e. The molecule has 1 aromatic rings. The lowest BCUT2D eigenvalue weighted by Gasteiger charge is -2.11. The van der Waals surface area contributed by atoms with Gasteiger partial charge >= 0.3 is 0 Å². The van der Waals surface area contributed by atoms with E-state index in [1.54, 1.807) is 6.92 Å². The van der Waals surface area contributed by atoms with E-state index in [4.69, 9.17) is 0 Å². The molecule has 1 aromatic carbocycles. The van der Waals surface area contributed by atoms with E-state index < -0.39 is 16.0 Å². The molecule has 1 saturated carbocycles. The summed E-state index contributed by atoms with van der Waals surface area (Å²) in [6.45, 7) is 1.73. The van der Waals surface area contributed by atoms with Crippen molar-refractivity contribution in [2.24, 2.45) is 0 Å². The van der Waals surface area contributed by atoms with Gasteiger partial charge in [-0.15, -0.1) is 0 Å². The summed E-state index contributed by atoms with van der Waals surface area (Å²) >= 11 is 3.38. The van der Waals surface area contributed by atoms with Gasteiger partial charge < -0.3 is 5.32 Å². The number of carbonyl (C=O) groups excluding carboxylic acids is 1. The molecule has 0 bridgehead atoms. The third kappa shape index (κ3) is 3.92. The molecule has 0 aromatic heterocycles. The van der Waals surface area contributed by atoms with E-state index >= 15 is 0 Å². The Morgan fingerprint density at radius 3 is 2.89 bits per heavy atom. The summed E-state index contributed by atoms with van der Waals surface area (Å²) in [7, 11) is -1.18. The summed E-state index contributed by atoms with van der Waals surface area (Å²) in [6.07, 6.45) is 2.10. The molecule has 0 spiro atoms. The van der Waals surface area contributed by atoms with Crippen molar-refractivity contribution in [2.45, 2.75) is 36.8 Å². The van der Waals surface area contributed by atoms with Crippen LogP contribution in [0.4, 0.5) is 0 Å². The van der Waals surface area contributed by atoms with Crippen molar-refractivity contribution in [3.05, 3.63) is 34.3 Å². The van der Waals surface area contributed by atoms with Gasteiger partial charge in [-0.1, -0.05) is 28.1 Å². The molecule has 0 heterocycles. The van der Waals surface area contributed by atoms with Gasteiger partial charge in [-0.25, -0.2) is 0 Å². The van der Waals surface area contributed by atoms with Gasteiger partial charge in [0.1, 0.15) is 5.25 Å². The van der Waals surface area contributed by atoms with Gasteiger partial charge in [-0.3, -0.25) is 9.00 Å². The largest absolute Gasteiger partial charge is 0.352 e. The molecule has 2 atom stereocenters. The maximum absolute atomic E-state index is 12.1. The van der Waals surface area contributed by atoms with Gasteiger partial charge in [0, 0.05) is 27.1 Å². The molecule has 0 aliphatic heterocycles. The molecular formula is C13H16BrNO2S. The Hall–Kier alpha value is -0.680. The molecule has 1 amide bonds. The summed E-state index contributed by atoms with van der Waals surface area (Å²) in [5.41, 5.74) is 0.980. The molecule has 1 fully saturated rings. The van der Waals surface area contributed by atoms with Crippen molar-refractivity contribution in [3.63, 3.8) is 0 Å². The lowest BCUT2D eigenvalue weighted by molar-refractivity contribution is -0.120. The lowest BCUT2D eigenvalue weighted by Crippen LogP contribution is -2.37. The Balaban J connectivity index is 1.91. The van der Waals surface area contributed by atoms with Crippen molar-refractivity contribution in [3.8, 4) is 0 Å². The fourth-order valence-electron chi connectivity index (χ4n) is 1.58. The predicted octanol–water partition coefficient (Wildman–Crippen LogP) is 2.36. The average molecular weight is 330 g/mol. The molecule has 0 unspecified atom stereocenters. The summed E-state index contributed by atoms with van der Waals surface area (Å²) < 4.78 is 13.1. The van der Waals surface area contributed by atoms with Crippen LogP contribution in [-0.4, -0.2) is 21.4 Å². The van der Waals surface area contributed by atoms with Crippen molar-refractivity contribution in [2.75, 3.05) is 0 Å². The van der Waals surface area contributed by atoms with Crippen LogP contribution in [-0.2, 0) is 21.3 Å². The molecule has 1 N–H and O–H groups in total. The van der Waals surface area contributed by atoms with Gasteiger partial charge in [0.25, 0.3) is 0 Å². The van der Waals surface area contributed by atoms with E-state index in [0.29, 0.717) is 11.8 Å². The maximum Gasteiger partial charge on any atom is 0.235 e. The SMILES string of the molecule is C[C@@H](C(=O)NC1CC1)[S@](=O)Cc1cccc(Br)c1. The highest BCUT2D eigenvalue weighted by Crippen LogP contribution is 2.19. The standard InChI is InChI=1S/C13H16BrNO2S/c1-9(13(16)15-12-5-6-12)18(17)8-10-3-2-4-11(14)7-10/h2-4,7,9,12H,5-6,8H2,1H3,(H,15,16)/t9-,18+/m0/s1. The summed E-state index contributed by atoms with van der Waals surface area (Å²) in [4.78, 5) is 11.8. The van der Waals surface area contributed by atoms with Crippen molar-refractivity contribution >= 4 is 32.6 Å². The van der Waals surface area contributed by atoms with Crippen molar-refractivity contribution in [1.29, 1.82) is 0 Å². The van der Waals surface area contributed by atoms with Crippen LogP contribution in [0.2, 0.25) is 0 Å². The molecule has 3 nitrogen and oxygen atoms in total. The fraction of sp³-hybridized carbons (Fsp3) is 0.462. The molecule has 5 heteroatoms. The third-order valence-electron chi connectivity index (χ3n) is 2.89. The summed E-state index contributed by atoms with van der Waals surface area (Å²) in [5.74, 6) is 0.324. The zero-order valence-electron chi connectivity index (χ0n) is 10.2. The molecule has 1 aliphatic carbocycles. The third-order valence-corrected chi connectivity index (χ3v) is 5.00. The first-order chi connectivity index (χ1) is 8.56. The second-order valence-corrected chi connectivity index (χ2v) is 7.25. The smallest absolute Gasteiger partial charge is 0.235 e. The minimum atomic E-state index is -1.18. The van der Waals surface area contributed by atoms with Gasteiger partial charge in [0.2, 0.25) is 5.91 Å².